The minimum absolute atomic E-state index is 0.0717. The van der Waals surface area contributed by atoms with Gasteiger partial charge >= 0.3 is 0 Å². The average molecular weight is 369 g/mol. The Morgan fingerprint density at radius 2 is 1.96 bits per heavy atom. The predicted octanol–water partition coefficient (Wildman–Crippen LogP) is 0.930. The SMILES string of the molecule is CC(=O)c1cc(CN2C[C@H]3CC[C@@H]2CN(S(=O)(=O)N(C)C)C3)n(C)c1. The highest BCUT2D eigenvalue weighted by atomic mass is 32.2. The van der Waals surface area contributed by atoms with Gasteiger partial charge in [0.05, 0.1) is 0 Å². The summed E-state index contributed by atoms with van der Waals surface area (Å²) in [6, 6.07) is 2.18. The first kappa shape index (κ1) is 18.6. The number of hydrogen-bond donors (Lipinski definition) is 0. The second-order valence-electron chi connectivity index (χ2n) is 7.52. The Morgan fingerprint density at radius 3 is 2.56 bits per heavy atom. The van der Waals surface area contributed by atoms with Crippen LogP contribution in [0, 0.1) is 5.92 Å². The summed E-state index contributed by atoms with van der Waals surface area (Å²) < 4.78 is 30.0. The van der Waals surface area contributed by atoms with Gasteiger partial charge in [0.1, 0.15) is 0 Å². The Hall–Kier alpha value is -1.22. The smallest absolute Gasteiger partial charge is 0.281 e. The van der Waals surface area contributed by atoms with Gasteiger partial charge < -0.3 is 4.57 Å². The lowest BCUT2D eigenvalue weighted by atomic mass is 9.95. The van der Waals surface area contributed by atoms with Crippen molar-refractivity contribution in [1.29, 1.82) is 0 Å². The molecule has 3 fully saturated rings. The minimum atomic E-state index is -3.37. The number of fused-ring (bicyclic) bond motifs is 4. The first-order valence-electron chi connectivity index (χ1n) is 8.76. The Kier molecular flexibility index (Phi) is 5.07. The number of aryl methyl sites for hydroxylation is 1. The number of Topliss-reactive ketones (excluding diaryl/α,β-unsaturated/α-hetero) is 1. The van der Waals surface area contributed by atoms with Gasteiger partial charge in [-0.3, -0.25) is 9.69 Å². The van der Waals surface area contributed by atoms with Crippen LogP contribution in [0.2, 0.25) is 0 Å². The van der Waals surface area contributed by atoms with Crippen molar-refractivity contribution in [3.8, 4) is 0 Å². The number of carbonyl (C=O) groups is 1. The van der Waals surface area contributed by atoms with Crippen LogP contribution in [0.3, 0.4) is 0 Å². The highest BCUT2D eigenvalue weighted by molar-refractivity contribution is 7.86. The van der Waals surface area contributed by atoms with Crippen molar-refractivity contribution >= 4 is 16.0 Å². The molecule has 0 amide bonds. The zero-order valence-corrected chi connectivity index (χ0v) is 16.3. The lowest BCUT2D eigenvalue weighted by Gasteiger charge is -2.36. The van der Waals surface area contributed by atoms with E-state index in [1.54, 1.807) is 25.3 Å². The number of rotatable bonds is 5. The molecule has 0 saturated carbocycles. The zero-order valence-electron chi connectivity index (χ0n) is 15.5. The van der Waals surface area contributed by atoms with Crippen LogP contribution >= 0.6 is 0 Å². The Bertz CT molecular complexity index is 756. The van der Waals surface area contributed by atoms with Crippen LogP contribution < -0.4 is 0 Å². The fourth-order valence-corrected chi connectivity index (χ4v) is 5.14. The predicted molar refractivity (Wildman–Crippen MR) is 96.5 cm³/mol. The Morgan fingerprint density at radius 1 is 1.24 bits per heavy atom. The second-order valence-corrected chi connectivity index (χ2v) is 9.66. The summed E-state index contributed by atoms with van der Waals surface area (Å²) in [7, 11) is 1.77. The molecule has 25 heavy (non-hydrogen) atoms. The molecule has 0 unspecified atom stereocenters. The Labute approximate surface area is 150 Å². The molecule has 7 nitrogen and oxygen atoms in total. The van der Waals surface area contributed by atoms with E-state index in [1.165, 1.54) is 4.31 Å². The molecule has 8 heteroatoms. The summed E-state index contributed by atoms with van der Waals surface area (Å²) in [5, 5.41) is 0. The standard InChI is InChI=1S/C17H28N4O3S/c1-13(22)15-7-17(19(4)10-15)11-20-8-14-5-6-16(20)12-21(9-14)25(23,24)18(2)3/h7,10,14,16H,5-6,8-9,11-12H2,1-4H3/t14-,16-/m1/s1. The summed E-state index contributed by atoms with van der Waals surface area (Å²) in [6.07, 6.45) is 3.97. The highest BCUT2D eigenvalue weighted by Gasteiger charge is 2.39. The molecule has 1 aromatic rings. The lowest BCUT2D eigenvalue weighted by molar-refractivity contribution is 0.101. The van der Waals surface area contributed by atoms with Crippen molar-refractivity contribution in [2.75, 3.05) is 33.7 Å². The molecule has 2 bridgehead atoms. The van der Waals surface area contributed by atoms with E-state index < -0.39 is 10.2 Å². The average Bonchev–Trinajstić information content (AvgIpc) is 2.72. The summed E-state index contributed by atoms with van der Waals surface area (Å²) >= 11 is 0. The van der Waals surface area contributed by atoms with Gasteiger partial charge in [0.25, 0.3) is 10.2 Å². The molecule has 0 aromatic carbocycles. The third-order valence-corrected chi connectivity index (χ3v) is 7.33. The molecule has 0 N–H and O–H groups in total. The fraction of sp³-hybridized carbons (Fsp3) is 0.706. The number of nitrogens with zero attached hydrogens (tertiary/aromatic N) is 4. The van der Waals surface area contributed by atoms with Gasteiger partial charge in [-0.25, -0.2) is 0 Å². The molecular formula is C17H28N4O3S. The molecule has 140 valence electrons. The van der Waals surface area contributed by atoms with E-state index in [0.717, 1.165) is 37.2 Å². The van der Waals surface area contributed by atoms with Crippen molar-refractivity contribution in [2.45, 2.75) is 32.4 Å². The van der Waals surface area contributed by atoms with Crippen molar-refractivity contribution in [2.24, 2.45) is 13.0 Å². The van der Waals surface area contributed by atoms with Crippen molar-refractivity contribution in [3.63, 3.8) is 0 Å². The van der Waals surface area contributed by atoms with Crippen LogP contribution in [0.4, 0.5) is 0 Å². The maximum Gasteiger partial charge on any atom is 0.281 e. The largest absolute Gasteiger partial charge is 0.353 e. The van der Waals surface area contributed by atoms with Gasteiger partial charge in [-0.05, 0) is 31.7 Å². The number of hydrogen-bond acceptors (Lipinski definition) is 4. The van der Waals surface area contributed by atoms with Crippen LogP contribution in [0.15, 0.2) is 12.3 Å². The summed E-state index contributed by atoms with van der Waals surface area (Å²) in [4.78, 5) is 14.0. The van der Waals surface area contributed by atoms with Gasteiger partial charge in [0.2, 0.25) is 0 Å². The fourth-order valence-electron chi connectivity index (χ4n) is 3.92. The maximum atomic E-state index is 12.5. The number of carbonyl (C=O) groups excluding carboxylic acids is 1. The maximum absolute atomic E-state index is 12.5. The van der Waals surface area contributed by atoms with E-state index in [0.29, 0.717) is 19.0 Å². The van der Waals surface area contributed by atoms with Gasteiger partial charge in [0.15, 0.2) is 5.78 Å². The van der Waals surface area contributed by atoms with E-state index >= 15 is 0 Å². The van der Waals surface area contributed by atoms with Crippen LogP contribution in [0.25, 0.3) is 0 Å². The molecule has 0 radical (unpaired) electrons. The lowest BCUT2D eigenvalue weighted by Crippen LogP contribution is -2.46. The third kappa shape index (κ3) is 3.67. The van der Waals surface area contributed by atoms with E-state index in [2.05, 4.69) is 4.90 Å². The van der Waals surface area contributed by atoms with Gasteiger partial charge in [-0.2, -0.15) is 17.0 Å². The van der Waals surface area contributed by atoms with Crippen LogP contribution in [0.1, 0.15) is 35.8 Å². The van der Waals surface area contributed by atoms with Crippen molar-refractivity contribution in [1.82, 2.24) is 18.1 Å². The molecule has 1 aromatic heterocycles. The molecule has 3 saturated heterocycles. The van der Waals surface area contributed by atoms with Crippen molar-refractivity contribution in [3.05, 3.63) is 23.5 Å². The molecule has 0 aliphatic carbocycles. The van der Waals surface area contributed by atoms with Crippen LogP contribution in [-0.2, 0) is 23.8 Å². The highest BCUT2D eigenvalue weighted by Crippen LogP contribution is 2.31. The summed E-state index contributed by atoms with van der Waals surface area (Å²) in [5.41, 5.74) is 1.83. The summed E-state index contributed by atoms with van der Waals surface area (Å²) in [6.45, 7) is 4.38. The zero-order chi connectivity index (χ0) is 18.4. The van der Waals surface area contributed by atoms with Crippen molar-refractivity contribution < 1.29 is 13.2 Å². The Balaban J connectivity index is 1.78. The molecule has 4 rings (SSSR count). The monoisotopic (exact) mass is 368 g/mol. The van der Waals surface area contributed by atoms with Gasteiger partial charge in [-0.15, -0.1) is 0 Å². The van der Waals surface area contributed by atoms with Gasteiger partial charge in [-0.1, -0.05) is 0 Å². The number of ketones is 1. The minimum Gasteiger partial charge on any atom is -0.353 e. The topological polar surface area (TPSA) is 65.9 Å². The quantitative estimate of drug-likeness (QED) is 0.725. The van der Waals surface area contributed by atoms with Crippen LogP contribution in [-0.4, -0.2) is 72.0 Å². The normalized spacial score (nSPS) is 25.5. The molecule has 4 heterocycles. The molecule has 3 aliphatic heterocycles. The van der Waals surface area contributed by atoms with Gasteiger partial charge in [0, 0.05) is 70.8 Å². The molecule has 2 atom stereocenters. The first-order chi connectivity index (χ1) is 11.7. The van der Waals surface area contributed by atoms with Crippen LogP contribution in [0.5, 0.6) is 0 Å². The van der Waals surface area contributed by atoms with E-state index in [-0.39, 0.29) is 11.8 Å². The molecule has 3 aliphatic rings. The van der Waals surface area contributed by atoms with E-state index in [1.807, 2.05) is 23.9 Å². The third-order valence-electron chi connectivity index (χ3n) is 5.46. The van der Waals surface area contributed by atoms with E-state index in [9.17, 15) is 13.2 Å². The first-order valence-corrected chi connectivity index (χ1v) is 10.2. The molecular weight excluding hydrogens is 340 g/mol. The summed E-state index contributed by atoms with van der Waals surface area (Å²) in [5.74, 6) is 0.434. The van der Waals surface area contributed by atoms with E-state index in [4.69, 9.17) is 0 Å². The number of piperidine rings is 1. The molecule has 0 spiro atoms. The second kappa shape index (κ2) is 6.83. The number of aromatic nitrogens is 1.